The van der Waals surface area contributed by atoms with Crippen LogP contribution in [0.25, 0.3) is 0 Å². The molecule has 0 bridgehead atoms. The van der Waals surface area contributed by atoms with Crippen LogP contribution in [0.4, 0.5) is 0 Å². The number of carbonyl (C=O) groups excluding carboxylic acids is 2. The first-order valence-electron chi connectivity index (χ1n) is 10.3. The van der Waals surface area contributed by atoms with Gasteiger partial charge >= 0.3 is 5.97 Å². The van der Waals surface area contributed by atoms with E-state index in [1.54, 1.807) is 44.5 Å². The van der Waals surface area contributed by atoms with Gasteiger partial charge in [-0.15, -0.1) is 0 Å². The maximum absolute atomic E-state index is 13.6. The maximum atomic E-state index is 13.6. The summed E-state index contributed by atoms with van der Waals surface area (Å²) in [6.07, 6.45) is 2.67. The van der Waals surface area contributed by atoms with Crippen molar-refractivity contribution in [2.45, 2.75) is 45.1 Å². The van der Waals surface area contributed by atoms with Crippen LogP contribution in [0.15, 0.2) is 27.7 Å². The highest BCUT2D eigenvalue weighted by Gasteiger charge is 2.38. The molecule has 0 saturated carbocycles. The lowest BCUT2D eigenvalue weighted by Gasteiger charge is -2.31. The van der Waals surface area contributed by atoms with Crippen LogP contribution in [0.1, 0.15) is 47.3 Å². The molecule has 3 heterocycles. The minimum Gasteiger partial charge on any atom is -0.467 e. The van der Waals surface area contributed by atoms with E-state index in [1.807, 2.05) is 0 Å². The second-order valence-corrected chi connectivity index (χ2v) is 9.53. The highest BCUT2D eigenvalue weighted by molar-refractivity contribution is 7.89. The highest BCUT2D eigenvalue weighted by Crippen LogP contribution is 2.32. The summed E-state index contributed by atoms with van der Waals surface area (Å²) in [6, 6.07) is 3.50. The Morgan fingerprint density at radius 1 is 1.29 bits per heavy atom. The van der Waals surface area contributed by atoms with E-state index in [0.717, 1.165) is 0 Å². The lowest BCUT2D eigenvalue weighted by molar-refractivity contribution is -0.126. The smallest absolute Gasteiger partial charge is 0.341 e. The molecule has 0 unspecified atom stereocenters. The van der Waals surface area contributed by atoms with E-state index in [9.17, 15) is 18.0 Å². The lowest BCUT2D eigenvalue weighted by Crippen LogP contribution is -2.45. The van der Waals surface area contributed by atoms with Crippen LogP contribution in [0.3, 0.4) is 0 Å². The number of carbonyl (C=O) groups is 2. The molecule has 1 atom stereocenters. The number of piperidine rings is 1. The van der Waals surface area contributed by atoms with Crippen molar-refractivity contribution in [3.63, 3.8) is 0 Å². The summed E-state index contributed by atoms with van der Waals surface area (Å²) < 4.78 is 40.5. The molecule has 0 radical (unpaired) electrons. The van der Waals surface area contributed by atoms with Crippen molar-refractivity contribution in [2.24, 2.45) is 13.0 Å². The molecule has 1 aliphatic heterocycles. The van der Waals surface area contributed by atoms with Crippen molar-refractivity contribution < 1.29 is 27.2 Å². The van der Waals surface area contributed by atoms with Crippen LogP contribution in [0.5, 0.6) is 0 Å². The standard InChI is InChI=1S/C21H29N3O6S/c1-5-29-21(26)18-14(2)23(4)15(3)19(18)31(27,28)24-10-6-8-16(13-24)20(25)22-12-17-9-7-11-30-17/h7,9,11,16H,5-6,8,10,12-13H2,1-4H3,(H,22,25)/t16-/m1/s1. The average Bonchev–Trinajstić information content (AvgIpc) is 3.35. The fourth-order valence-corrected chi connectivity index (χ4v) is 5.91. The van der Waals surface area contributed by atoms with Gasteiger partial charge in [-0.2, -0.15) is 4.31 Å². The number of rotatable bonds is 7. The van der Waals surface area contributed by atoms with Crippen molar-refractivity contribution in [1.29, 1.82) is 0 Å². The molecule has 1 N–H and O–H groups in total. The Balaban J connectivity index is 1.84. The van der Waals surface area contributed by atoms with E-state index >= 15 is 0 Å². The van der Waals surface area contributed by atoms with Crippen LogP contribution >= 0.6 is 0 Å². The first kappa shape index (κ1) is 23.1. The molecule has 1 amide bonds. The molecule has 0 spiro atoms. The van der Waals surface area contributed by atoms with Gasteiger partial charge in [0, 0.05) is 31.5 Å². The molecular weight excluding hydrogens is 422 g/mol. The summed E-state index contributed by atoms with van der Waals surface area (Å²) in [5.74, 6) is -0.729. The molecule has 2 aromatic heterocycles. The van der Waals surface area contributed by atoms with Gasteiger partial charge in [-0.1, -0.05) is 0 Å². The van der Waals surface area contributed by atoms with Crippen molar-refractivity contribution >= 4 is 21.9 Å². The minimum atomic E-state index is -4.00. The SMILES string of the molecule is CCOC(=O)c1c(S(=O)(=O)N2CCC[C@@H](C(=O)NCc3ccco3)C2)c(C)n(C)c1C. The van der Waals surface area contributed by atoms with Crippen LogP contribution in [0.2, 0.25) is 0 Å². The molecule has 170 valence electrons. The van der Waals surface area contributed by atoms with E-state index in [2.05, 4.69) is 5.32 Å². The summed E-state index contributed by atoms with van der Waals surface area (Å²) in [4.78, 5) is 25.2. The topological polar surface area (TPSA) is 111 Å². The number of esters is 1. The molecule has 10 heteroatoms. The number of nitrogens with zero attached hydrogens (tertiary/aromatic N) is 2. The Hall–Kier alpha value is -2.59. The molecule has 0 aliphatic carbocycles. The zero-order valence-electron chi connectivity index (χ0n) is 18.3. The predicted molar refractivity (Wildman–Crippen MR) is 113 cm³/mol. The normalized spacial score (nSPS) is 17.5. The number of sulfonamides is 1. The molecule has 9 nitrogen and oxygen atoms in total. The third-order valence-electron chi connectivity index (χ3n) is 5.77. The van der Waals surface area contributed by atoms with Gasteiger partial charge in [0.25, 0.3) is 0 Å². The van der Waals surface area contributed by atoms with Crippen LogP contribution in [0, 0.1) is 19.8 Å². The number of ether oxygens (including phenoxy) is 1. The summed E-state index contributed by atoms with van der Waals surface area (Å²) in [5, 5.41) is 2.81. The van der Waals surface area contributed by atoms with Gasteiger partial charge in [0.1, 0.15) is 16.2 Å². The molecule has 31 heavy (non-hydrogen) atoms. The van der Waals surface area contributed by atoms with Gasteiger partial charge < -0.3 is 19.0 Å². The number of amides is 1. The van der Waals surface area contributed by atoms with E-state index in [-0.39, 0.29) is 36.1 Å². The highest BCUT2D eigenvalue weighted by atomic mass is 32.2. The Morgan fingerprint density at radius 2 is 2.03 bits per heavy atom. The van der Waals surface area contributed by atoms with E-state index in [1.165, 1.54) is 10.6 Å². The van der Waals surface area contributed by atoms with Crippen LogP contribution < -0.4 is 5.32 Å². The van der Waals surface area contributed by atoms with Crippen LogP contribution in [-0.2, 0) is 33.1 Å². The Labute approximate surface area is 182 Å². The second kappa shape index (κ2) is 9.27. The van der Waals surface area contributed by atoms with Gasteiger partial charge in [-0.25, -0.2) is 13.2 Å². The monoisotopic (exact) mass is 451 g/mol. The molecule has 1 saturated heterocycles. The largest absolute Gasteiger partial charge is 0.467 e. The van der Waals surface area contributed by atoms with Gasteiger partial charge in [0.05, 0.1) is 25.3 Å². The number of hydrogen-bond acceptors (Lipinski definition) is 6. The summed E-state index contributed by atoms with van der Waals surface area (Å²) in [7, 11) is -2.28. The molecule has 1 fully saturated rings. The Bertz CT molecular complexity index is 1060. The molecule has 0 aromatic carbocycles. The maximum Gasteiger partial charge on any atom is 0.341 e. The summed E-state index contributed by atoms with van der Waals surface area (Å²) >= 11 is 0. The molecule has 1 aliphatic rings. The zero-order chi connectivity index (χ0) is 22.8. The summed E-state index contributed by atoms with van der Waals surface area (Å²) in [6.45, 7) is 5.78. The Kier molecular flexibility index (Phi) is 6.90. The van der Waals surface area contributed by atoms with Crippen molar-refractivity contribution in [3.8, 4) is 0 Å². The zero-order valence-corrected chi connectivity index (χ0v) is 19.1. The van der Waals surface area contributed by atoms with E-state index in [0.29, 0.717) is 36.5 Å². The molecule has 2 aromatic rings. The van der Waals surface area contributed by atoms with Crippen molar-refractivity contribution in [2.75, 3.05) is 19.7 Å². The first-order valence-corrected chi connectivity index (χ1v) is 11.8. The Morgan fingerprint density at radius 3 is 2.68 bits per heavy atom. The second-order valence-electron chi connectivity index (χ2n) is 7.65. The van der Waals surface area contributed by atoms with E-state index < -0.39 is 21.9 Å². The van der Waals surface area contributed by atoms with Gasteiger partial charge in [0.15, 0.2) is 0 Å². The lowest BCUT2D eigenvalue weighted by atomic mass is 9.99. The number of aromatic nitrogens is 1. The fourth-order valence-electron chi connectivity index (χ4n) is 3.91. The van der Waals surface area contributed by atoms with Gasteiger partial charge in [-0.3, -0.25) is 4.79 Å². The van der Waals surface area contributed by atoms with Crippen molar-refractivity contribution in [3.05, 3.63) is 41.1 Å². The number of furan rings is 1. The third-order valence-corrected chi connectivity index (χ3v) is 7.80. The predicted octanol–water partition coefficient (Wildman–Crippen LogP) is 2.13. The fraction of sp³-hybridized carbons (Fsp3) is 0.524. The quantitative estimate of drug-likeness (QED) is 0.646. The molecule has 3 rings (SSSR count). The average molecular weight is 452 g/mol. The van der Waals surface area contributed by atoms with Crippen molar-refractivity contribution in [1.82, 2.24) is 14.2 Å². The molecular formula is C21H29N3O6S. The van der Waals surface area contributed by atoms with Gasteiger partial charge in [-0.05, 0) is 45.7 Å². The first-order chi connectivity index (χ1) is 14.7. The number of nitrogens with one attached hydrogen (secondary N) is 1. The van der Waals surface area contributed by atoms with E-state index in [4.69, 9.17) is 9.15 Å². The minimum absolute atomic E-state index is 0.0393. The summed E-state index contributed by atoms with van der Waals surface area (Å²) in [5.41, 5.74) is 1.05. The third kappa shape index (κ3) is 4.54. The van der Waals surface area contributed by atoms with Crippen LogP contribution in [-0.4, -0.2) is 48.9 Å². The van der Waals surface area contributed by atoms with Gasteiger partial charge in [0.2, 0.25) is 15.9 Å². The number of hydrogen-bond donors (Lipinski definition) is 1.